The predicted molar refractivity (Wildman–Crippen MR) is 103 cm³/mol. The van der Waals surface area contributed by atoms with E-state index in [-0.39, 0.29) is 11.8 Å². The summed E-state index contributed by atoms with van der Waals surface area (Å²) in [4.78, 5) is 30.5. The molecule has 2 heterocycles. The van der Waals surface area contributed by atoms with Gasteiger partial charge in [0.25, 0.3) is 5.91 Å². The lowest BCUT2D eigenvalue weighted by atomic mass is 9.97. The van der Waals surface area contributed by atoms with Crippen LogP contribution in [0.3, 0.4) is 0 Å². The minimum Gasteiger partial charge on any atom is -0.356 e. The molecule has 1 fully saturated rings. The van der Waals surface area contributed by atoms with E-state index in [2.05, 4.69) is 10.7 Å². The number of thiazole rings is 1. The number of aromatic nitrogens is 1. The van der Waals surface area contributed by atoms with Crippen molar-refractivity contribution in [3.05, 3.63) is 52.0 Å². The van der Waals surface area contributed by atoms with Crippen LogP contribution >= 0.6 is 11.3 Å². The summed E-state index contributed by atoms with van der Waals surface area (Å²) in [6.45, 7) is 4.05. The lowest BCUT2D eigenvalue weighted by molar-refractivity contribution is -0.120. The summed E-state index contributed by atoms with van der Waals surface area (Å²) in [6, 6.07) is 9.48. The van der Waals surface area contributed by atoms with E-state index in [1.807, 2.05) is 42.2 Å². The molecule has 138 valence electrons. The van der Waals surface area contributed by atoms with E-state index in [1.165, 1.54) is 0 Å². The predicted octanol–water partition coefficient (Wildman–Crippen LogP) is 3.23. The second kappa shape index (κ2) is 8.94. The van der Waals surface area contributed by atoms with Crippen LogP contribution in [0.1, 0.15) is 53.2 Å². The highest BCUT2D eigenvalue weighted by Gasteiger charge is 2.26. The largest absolute Gasteiger partial charge is 0.356 e. The van der Waals surface area contributed by atoms with Crippen molar-refractivity contribution in [1.29, 1.82) is 0 Å². The molecule has 3 rings (SSSR count). The monoisotopic (exact) mass is 371 g/mol. The zero-order valence-electron chi connectivity index (χ0n) is 15.1. The van der Waals surface area contributed by atoms with Gasteiger partial charge >= 0.3 is 0 Å². The van der Waals surface area contributed by atoms with E-state index in [0.717, 1.165) is 48.6 Å². The average Bonchev–Trinajstić information content (AvgIpc) is 3.17. The van der Waals surface area contributed by atoms with E-state index in [9.17, 15) is 9.59 Å². The highest BCUT2D eigenvalue weighted by Crippen LogP contribution is 2.30. The molecule has 0 radical (unpaired) electrons. The van der Waals surface area contributed by atoms with Crippen LogP contribution in [0.2, 0.25) is 0 Å². The maximum Gasteiger partial charge on any atom is 0.253 e. The summed E-state index contributed by atoms with van der Waals surface area (Å²) in [6.07, 6.45) is 3.20. The highest BCUT2D eigenvalue weighted by molar-refractivity contribution is 7.09. The third-order valence-electron chi connectivity index (χ3n) is 4.75. The molecule has 0 spiro atoms. The Hall–Kier alpha value is -2.21. The average molecular weight is 372 g/mol. The van der Waals surface area contributed by atoms with Crippen molar-refractivity contribution in [3.8, 4) is 0 Å². The number of nitrogens with one attached hydrogen (secondary N) is 1. The van der Waals surface area contributed by atoms with Crippen LogP contribution < -0.4 is 5.32 Å². The van der Waals surface area contributed by atoms with Crippen LogP contribution in [0.25, 0.3) is 0 Å². The molecule has 1 N–H and O–H groups in total. The first-order valence-electron chi connectivity index (χ1n) is 9.22. The van der Waals surface area contributed by atoms with Crippen molar-refractivity contribution in [2.24, 2.45) is 0 Å². The van der Waals surface area contributed by atoms with Crippen molar-refractivity contribution < 1.29 is 9.59 Å². The Bertz CT molecular complexity index is 737. The SMILES string of the molecule is CCC(=O)NCCc1csc(C2CCN(C(=O)c3ccccc3)CC2)n1. The number of benzene rings is 1. The van der Waals surface area contributed by atoms with Crippen LogP contribution in [0, 0.1) is 0 Å². The zero-order valence-corrected chi connectivity index (χ0v) is 15.9. The number of amides is 2. The number of carbonyl (C=O) groups is 2. The molecule has 0 aliphatic carbocycles. The van der Waals surface area contributed by atoms with Gasteiger partial charge in [0.1, 0.15) is 0 Å². The fraction of sp³-hybridized carbons (Fsp3) is 0.450. The molecule has 1 aliphatic heterocycles. The highest BCUT2D eigenvalue weighted by atomic mass is 32.1. The number of rotatable bonds is 6. The molecule has 1 aromatic carbocycles. The van der Waals surface area contributed by atoms with Gasteiger partial charge in [-0.1, -0.05) is 25.1 Å². The van der Waals surface area contributed by atoms with E-state index >= 15 is 0 Å². The van der Waals surface area contributed by atoms with E-state index in [1.54, 1.807) is 11.3 Å². The van der Waals surface area contributed by atoms with Crippen LogP contribution in [0.4, 0.5) is 0 Å². The van der Waals surface area contributed by atoms with Crippen LogP contribution in [-0.2, 0) is 11.2 Å². The Balaban J connectivity index is 1.49. The minimum atomic E-state index is 0.0795. The fourth-order valence-electron chi connectivity index (χ4n) is 3.17. The van der Waals surface area contributed by atoms with Crippen LogP contribution in [0.15, 0.2) is 35.7 Å². The molecule has 0 unspecified atom stereocenters. The summed E-state index contributed by atoms with van der Waals surface area (Å²) in [5.74, 6) is 0.630. The fourth-order valence-corrected chi connectivity index (χ4v) is 4.20. The lowest BCUT2D eigenvalue weighted by Gasteiger charge is -2.31. The van der Waals surface area contributed by atoms with Gasteiger partial charge in [0, 0.05) is 49.3 Å². The second-order valence-electron chi connectivity index (χ2n) is 6.56. The summed E-state index contributed by atoms with van der Waals surface area (Å²) in [5.41, 5.74) is 1.81. The molecule has 26 heavy (non-hydrogen) atoms. The van der Waals surface area contributed by atoms with Gasteiger partial charge in [-0.05, 0) is 25.0 Å². The van der Waals surface area contributed by atoms with Crippen molar-refractivity contribution in [2.45, 2.75) is 38.5 Å². The summed E-state index contributed by atoms with van der Waals surface area (Å²) in [5, 5.41) is 6.14. The summed E-state index contributed by atoms with van der Waals surface area (Å²) >= 11 is 1.70. The van der Waals surface area contributed by atoms with Crippen LogP contribution in [-0.4, -0.2) is 41.3 Å². The standard InChI is InChI=1S/C20H25N3O2S/c1-2-18(24)21-11-8-17-14-26-19(22-17)15-9-12-23(13-10-15)20(25)16-6-4-3-5-7-16/h3-7,14-15H,2,8-13H2,1H3,(H,21,24). The number of piperidine rings is 1. The zero-order chi connectivity index (χ0) is 18.4. The quantitative estimate of drug-likeness (QED) is 0.848. The molecule has 0 bridgehead atoms. The van der Waals surface area contributed by atoms with Gasteiger partial charge in [0.15, 0.2) is 0 Å². The van der Waals surface area contributed by atoms with Crippen molar-refractivity contribution in [1.82, 2.24) is 15.2 Å². The van der Waals surface area contributed by atoms with Gasteiger partial charge in [0.05, 0.1) is 10.7 Å². The minimum absolute atomic E-state index is 0.0795. The molecule has 2 aromatic rings. The van der Waals surface area contributed by atoms with Gasteiger partial charge in [-0.25, -0.2) is 4.98 Å². The van der Waals surface area contributed by atoms with E-state index in [0.29, 0.717) is 18.9 Å². The lowest BCUT2D eigenvalue weighted by Crippen LogP contribution is -2.37. The molecule has 1 aromatic heterocycles. The Morgan fingerprint density at radius 1 is 1.23 bits per heavy atom. The smallest absolute Gasteiger partial charge is 0.253 e. The van der Waals surface area contributed by atoms with Gasteiger partial charge in [-0.15, -0.1) is 11.3 Å². The normalized spacial score (nSPS) is 15.0. The maximum atomic E-state index is 12.5. The Labute approximate surface area is 158 Å². The van der Waals surface area contributed by atoms with Crippen molar-refractivity contribution >= 4 is 23.2 Å². The number of hydrogen-bond donors (Lipinski definition) is 1. The molecule has 2 amide bonds. The van der Waals surface area contributed by atoms with Gasteiger partial charge in [-0.2, -0.15) is 0 Å². The number of likely N-dealkylation sites (tertiary alicyclic amines) is 1. The third kappa shape index (κ3) is 4.69. The van der Waals surface area contributed by atoms with Crippen molar-refractivity contribution in [2.75, 3.05) is 19.6 Å². The Morgan fingerprint density at radius 2 is 1.96 bits per heavy atom. The molecule has 6 heteroatoms. The molecule has 0 atom stereocenters. The molecular formula is C20H25N3O2S. The maximum absolute atomic E-state index is 12.5. The van der Waals surface area contributed by atoms with Gasteiger partial charge in [-0.3, -0.25) is 9.59 Å². The number of carbonyl (C=O) groups excluding carboxylic acids is 2. The van der Waals surface area contributed by atoms with Gasteiger partial charge in [0.2, 0.25) is 5.91 Å². The first kappa shape index (κ1) is 18.6. The Kier molecular flexibility index (Phi) is 6.39. The van der Waals surface area contributed by atoms with E-state index in [4.69, 9.17) is 4.98 Å². The van der Waals surface area contributed by atoms with E-state index < -0.39 is 0 Å². The molecule has 1 saturated heterocycles. The molecule has 5 nitrogen and oxygen atoms in total. The third-order valence-corrected chi connectivity index (χ3v) is 5.80. The summed E-state index contributed by atoms with van der Waals surface area (Å²) < 4.78 is 0. The number of hydrogen-bond acceptors (Lipinski definition) is 4. The van der Waals surface area contributed by atoms with Crippen molar-refractivity contribution in [3.63, 3.8) is 0 Å². The first-order valence-corrected chi connectivity index (χ1v) is 10.1. The molecule has 1 aliphatic rings. The molecule has 0 saturated carbocycles. The summed E-state index contributed by atoms with van der Waals surface area (Å²) in [7, 11) is 0. The van der Waals surface area contributed by atoms with Gasteiger partial charge < -0.3 is 10.2 Å². The first-order chi connectivity index (χ1) is 12.7. The van der Waals surface area contributed by atoms with Crippen LogP contribution in [0.5, 0.6) is 0 Å². The topological polar surface area (TPSA) is 62.3 Å². The Morgan fingerprint density at radius 3 is 2.65 bits per heavy atom. The number of nitrogens with zero attached hydrogens (tertiary/aromatic N) is 2. The molecular weight excluding hydrogens is 346 g/mol. The second-order valence-corrected chi connectivity index (χ2v) is 7.45.